The number of allylic oxidation sites excluding steroid dienone is 1. The highest BCUT2D eigenvalue weighted by molar-refractivity contribution is 6.10. The second-order valence-electron chi connectivity index (χ2n) is 5.05. The van der Waals surface area contributed by atoms with Gasteiger partial charge < -0.3 is 9.47 Å². The topological polar surface area (TPSA) is 78.7 Å². The molecule has 2 rings (SSSR count). The predicted octanol–water partition coefficient (Wildman–Crippen LogP) is 3.82. The number of ether oxygens (including phenoxy) is 2. The molecule has 0 aromatic heterocycles. The van der Waals surface area contributed by atoms with Crippen LogP contribution < -0.4 is 9.47 Å². The van der Waals surface area contributed by atoms with E-state index in [1.54, 1.807) is 37.3 Å². The number of carbonyl (C=O) groups is 1. The van der Waals surface area contributed by atoms with Gasteiger partial charge in [0.15, 0.2) is 5.78 Å². The van der Waals surface area contributed by atoms with Crippen molar-refractivity contribution < 1.29 is 19.2 Å². The lowest BCUT2D eigenvalue weighted by molar-refractivity contribution is -0.385. The molecule has 0 aliphatic rings. The van der Waals surface area contributed by atoms with Crippen molar-refractivity contribution in [1.29, 1.82) is 0 Å². The number of ketones is 1. The van der Waals surface area contributed by atoms with Gasteiger partial charge in [-0.2, -0.15) is 0 Å². The summed E-state index contributed by atoms with van der Waals surface area (Å²) in [7, 11) is 2.92. The molecule has 0 N–H and O–H groups in total. The van der Waals surface area contributed by atoms with Crippen LogP contribution in [-0.2, 0) is 0 Å². The average molecular weight is 327 g/mol. The number of hydrogen-bond donors (Lipinski definition) is 0. The third-order valence-corrected chi connectivity index (χ3v) is 3.47. The summed E-state index contributed by atoms with van der Waals surface area (Å²) in [6.07, 6.45) is 2.70. The highest BCUT2D eigenvalue weighted by atomic mass is 16.6. The molecular formula is C18H17NO5. The van der Waals surface area contributed by atoms with Crippen LogP contribution in [0.3, 0.4) is 0 Å². The molecule has 6 nitrogen and oxygen atoms in total. The summed E-state index contributed by atoms with van der Waals surface area (Å²) in [6, 6.07) is 9.84. The maximum Gasteiger partial charge on any atom is 0.276 e. The van der Waals surface area contributed by atoms with Crippen molar-refractivity contribution in [3.05, 3.63) is 69.3 Å². The van der Waals surface area contributed by atoms with Gasteiger partial charge >= 0.3 is 0 Å². The second kappa shape index (κ2) is 7.41. The fraction of sp³-hybridized carbons (Fsp3) is 0.167. The van der Waals surface area contributed by atoms with Crippen molar-refractivity contribution in [3.63, 3.8) is 0 Å². The summed E-state index contributed by atoms with van der Waals surface area (Å²) in [6.45, 7) is 1.77. The van der Waals surface area contributed by atoms with Crippen LogP contribution in [-0.4, -0.2) is 24.9 Å². The van der Waals surface area contributed by atoms with Gasteiger partial charge in [-0.1, -0.05) is 12.1 Å². The molecule has 124 valence electrons. The number of carbonyl (C=O) groups excluding carboxylic acids is 1. The van der Waals surface area contributed by atoms with Gasteiger partial charge in [-0.05, 0) is 42.8 Å². The third-order valence-electron chi connectivity index (χ3n) is 3.47. The number of nitro groups is 1. The molecule has 0 aliphatic carbocycles. The van der Waals surface area contributed by atoms with Crippen molar-refractivity contribution in [2.45, 2.75) is 6.92 Å². The fourth-order valence-corrected chi connectivity index (χ4v) is 2.30. The first-order valence-electron chi connectivity index (χ1n) is 7.16. The standard InChI is InChI=1S/C18H17NO5/c1-12-7-8-13(14(11-12)19(21)22)9-10-15(20)18-16(23-2)5-4-6-17(18)24-3/h4-11H,1-3H3/b10-9+. The van der Waals surface area contributed by atoms with Crippen LogP contribution in [0.2, 0.25) is 0 Å². The predicted molar refractivity (Wildman–Crippen MR) is 90.7 cm³/mol. The minimum Gasteiger partial charge on any atom is -0.496 e. The van der Waals surface area contributed by atoms with E-state index in [1.807, 2.05) is 0 Å². The highest BCUT2D eigenvalue weighted by Crippen LogP contribution is 2.29. The average Bonchev–Trinajstić information content (AvgIpc) is 2.59. The van der Waals surface area contributed by atoms with Gasteiger partial charge in [0.1, 0.15) is 17.1 Å². The number of hydrogen-bond acceptors (Lipinski definition) is 5. The summed E-state index contributed by atoms with van der Waals surface area (Å²) in [5.41, 5.74) is 1.35. The lowest BCUT2D eigenvalue weighted by atomic mass is 10.1. The monoisotopic (exact) mass is 327 g/mol. The summed E-state index contributed by atoms with van der Waals surface area (Å²) in [4.78, 5) is 23.2. The Hall–Kier alpha value is -3.15. The lowest BCUT2D eigenvalue weighted by Gasteiger charge is -2.10. The maximum absolute atomic E-state index is 12.5. The Morgan fingerprint density at radius 2 is 1.75 bits per heavy atom. The van der Waals surface area contributed by atoms with Crippen LogP contribution in [0.15, 0.2) is 42.5 Å². The van der Waals surface area contributed by atoms with E-state index in [-0.39, 0.29) is 17.0 Å². The molecule has 0 atom stereocenters. The number of rotatable bonds is 6. The molecule has 0 saturated carbocycles. The van der Waals surface area contributed by atoms with E-state index in [0.29, 0.717) is 17.1 Å². The molecule has 2 aromatic carbocycles. The zero-order valence-electron chi connectivity index (χ0n) is 13.6. The Bertz CT molecular complexity index is 789. The van der Waals surface area contributed by atoms with Gasteiger partial charge in [0.25, 0.3) is 5.69 Å². The van der Waals surface area contributed by atoms with Gasteiger partial charge in [-0.15, -0.1) is 0 Å². The first-order chi connectivity index (χ1) is 11.5. The van der Waals surface area contributed by atoms with E-state index >= 15 is 0 Å². The summed E-state index contributed by atoms with van der Waals surface area (Å²) in [5, 5.41) is 11.1. The molecule has 0 spiro atoms. The SMILES string of the molecule is COc1cccc(OC)c1C(=O)/C=C/c1ccc(C)cc1[N+](=O)[O-]. The fourth-order valence-electron chi connectivity index (χ4n) is 2.30. The molecule has 0 unspecified atom stereocenters. The van der Waals surface area contributed by atoms with Crippen molar-refractivity contribution >= 4 is 17.5 Å². The molecule has 0 radical (unpaired) electrons. The minimum atomic E-state index is -0.471. The maximum atomic E-state index is 12.5. The molecule has 6 heteroatoms. The normalized spacial score (nSPS) is 10.6. The van der Waals surface area contributed by atoms with Gasteiger partial charge in [0.05, 0.1) is 24.7 Å². The van der Waals surface area contributed by atoms with Crippen molar-refractivity contribution in [2.24, 2.45) is 0 Å². The zero-order chi connectivity index (χ0) is 17.7. The summed E-state index contributed by atoms with van der Waals surface area (Å²) >= 11 is 0. The van der Waals surface area contributed by atoms with E-state index in [1.165, 1.54) is 32.4 Å². The smallest absolute Gasteiger partial charge is 0.276 e. The van der Waals surface area contributed by atoms with E-state index in [2.05, 4.69) is 0 Å². The Labute approximate surface area is 139 Å². The minimum absolute atomic E-state index is 0.0500. The number of nitrogens with zero attached hydrogens (tertiary/aromatic N) is 1. The van der Waals surface area contributed by atoms with Crippen LogP contribution >= 0.6 is 0 Å². The Balaban J connectivity index is 2.41. The van der Waals surface area contributed by atoms with Gasteiger partial charge in [0.2, 0.25) is 0 Å². The van der Waals surface area contributed by atoms with Gasteiger partial charge in [-0.3, -0.25) is 14.9 Å². The van der Waals surface area contributed by atoms with E-state index in [9.17, 15) is 14.9 Å². The second-order valence-corrected chi connectivity index (χ2v) is 5.05. The number of aryl methyl sites for hydroxylation is 1. The van der Waals surface area contributed by atoms with Crippen LogP contribution in [0.5, 0.6) is 11.5 Å². The molecule has 0 amide bonds. The van der Waals surface area contributed by atoms with E-state index < -0.39 is 4.92 Å². The molecule has 0 aliphatic heterocycles. The molecule has 0 saturated heterocycles. The molecule has 2 aromatic rings. The van der Waals surface area contributed by atoms with E-state index in [4.69, 9.17) is 9.47 Å². The van der Waals surface area contributed by atoms with Crippen molar-refractivity contribution in [2.75, 3.05) is 14.2 Å². The van der Waals surface area contributed by atoms with Crippen LogP contribution in [0.4, 0.5) is 5.69 Å². The van der Waals surface area contributed by atoms with Gasteiger partial charge in [0, 0.05) is 6.07 Å². The number of benzene rings is 2. The zero-order valence-corrected chi connectivity index (χ0v) is 13.6. The molecule has 0 fully saturated rings. The highest BCUT2D eigenvalue weighted by Gasteiger charge is 2.17. The Morgan fingerprint density at radius 1 is 1.12 bits per heavy atom. The molecule has 0 heterocycles. The summed E-state index contributed by atoms with van der Waals surface area (Å²) in [5.74, 6) is 0.393. The third kappa shape index (κ3) is 3.60. The lowest BCUT2D eigenvalue weighted by Crippen LogP contribution is -2.02. The largest absolute Gasteiger partial charge is 0.496 e. The van der Waals surface area contributed by atoms with Crippen LogP contribution in [0.25, 0.3) is 6.08 Å². The number of nitro benzene ring substituents is 1. The Morgan fingerprint density at radius 3 is 2.29 bits per heavy atom. The van der Waals surface area contributed by atoms with Crippen molar-refractivity contribution in [1.82, 2.24) is 0 Å². The van der Waals surface area contributed by atoms with Crippen molar-refractivity contribution in [3.8, 4) is 11.5 Å². The quantitative estimate of drug-likeness (QED) is 0.349. The molecule has 0 bridgehead atoms. The first-order valence-corrected chi connectivity index (χ1v) is 7.16. The Kier molecular flexibility index (Phi) is 5.31. The van der Waals surface area contributed by atoms with E-state index in [0.717, 1.165) is 5.56 Å². The molecular weight excluding hydrogens is 310 g/mol. The first kappa shape index (κ1) is 17.2. The number of methoxy groups -OCH3 is 2. The van der Waals surface area contributed by atoms with Crippen LogP contribution in [0.1, 0.15) is 21.5 Å². The van der Waals surface area contributed by atoms with Gasteiger partial charge in [-0.25, -0.2) is 0 Å². The molecule has 24 heavy (non-hydrogen) atoms. The van der Waals surface area contributed by atoms with Crippen LogP contribution in [0, 0.1) is 17.0 Å². The summed E-state index contributed by atoms with van der Waals surface area (Å²) < 4.78 is 10.4.